The summed E-state index contributed by atoms with van der Waals surface area (Å²) in [4.78, 5) is 0. The first-order valence-electron chi connectivity index (χ1n) is 7.31. The van der Waals surface area contributed by atoms with Crippen LogP contribution in [0, 0.1) is 11.5 Å². The summed E-state index contributed by atoms with van der Waals surface area (Å²) in [6.45, 7) is 11.4. The van der Waals surface area contributed by atoms with Crippen molar-refractivity contribution in [2.75, 3.05) is 0 Å². The highest BCUT2D eigenvalue weighted by atomic mass is 14.3. The molecule has 0 aromatic rings. The smallest absolute Gasteiger partial charge is 0.0114 e. The SMILES string of the molecule is CCCCCCCCC1=[C]C(C)(C)C(C)=C1C. The predicted molar refractivity (Wildman–Crippen MR) is 76.9 cm³/mol. The van der Waals surface area contributed by atoms with Gasteiger partial charge in [-0.2, -0.15) is 0 Å². The monoisotopic (exact) mass is 233 g/mol. The maximum atomic E-state index is 3.67. The summed E-state index contributed by atoms with van der Waals surface area (Å²) in [7, 11) is 0. The Hall–Kier alpha value is -0.520. The lowest BCUT2D eigenvalue weighted by Crippen LogP contribution is -2.06. The molecule has 0 aromatic carbocycles. The number of hydrogen-bond donors (Lipinski definition) is 0. The first-order valence-corrected chi connectivity index (χ1v) is 7.31. The Balaban J connectivity index is 2.30. The average molecular weight is 233 g/mol. The second kappa shape index (κ2) is 6.42. The van der Waals surface area contributed by atoms with E-state index in [1.165, 1.54) is 61.7 Å². The zero-order chi connectivity index (χ0) is 12.9. The van der Waals surface area contributed by atoms with Crippen molar-refractivity contribution in [1.29, 1.82) is 0 Å². The molecule has 0 unspecified atom stereocenters. The van der Waals surface area contributed by atoms with Crippen LogP contribution in [0.5, 0.6) is 0 Å². The molecule has 0 saturated carbocycles. The standard InChI is InChI=1S/C17H29/c1-6-7-8-9-10-11-12-16-13-17(4,5)15(3)14(16)2/h6-12H2,1-5H3. The molecule has 0 heterocycles. The highest BCUT2D eigenvalue weighted by Crippen LogP contribution is 2.40. The van der Waals surface area contributed by atoms with Gasteiger partial charge in [0.05, 0.1) is 0 Å². The topological polar surface area (TPSA) is 0 Å². The van der Waals surface area contributed by atoms with Gasteiger partial charge < -0.3 is 0 Å². The summed E-state index contributed by atoms with van der Waals surface area (Å²) in [6, 6.07) is 0. The summed E-state index contributed by atoms with van der Waals surface area (Å²) >= 11 is 0. The number of allylic oxidation sites excluding steroid dienone is 4. The van der Waals surface area contributed by atoms with E-state index in [-0.39, 0.29) is 5.41 Å². The Bertz CT molecular complexity index is 302. The van der Waals surface area contributed by atoms with Crippen LogP contribution in [-0.4, -0.2) is 0 Å². The molecule has 0 atom stereocenters. The van der Waals surface area contributed by atoms with E-state index in [4.69, 9.17) is 0 Å². The van der Waals surface area contributed by atoms with Crippen molar-refractivity contribution < 1.29 is 0 Å². The quantitative estimate of drug-likeness (QED) is 0.484. The maximum absolute atomic E-state index is 3.67. The van der Waals surface area contributed by atoms with E-state index in [0.29, 0.717) is 0 Å². The lowest BCUT2D eigenvalue weighted by atomic mass is 9.88. The number of rotatable bonds is 7. The molecule has 1 aliphatic rings. The normalized spacial score (nSPS) is 18.8. The van der Waals surface area contributed by atoms with Gasteiger partial charge in [-0.25, -0.2) is 0 Å². The molecule has 1 aliphatic carbocycles. The third kappa shape index (κ3) is 4.01. The zero-order valence-corrected chi connectivity index (χ0v) is 12.4. The molecule has 97 valence electrons. The molecule has 1 radical (unpaired) electrons. The molecule has 0 bridgehead atoms. The van der Waals surface area contributed by atoms with Gasteiger partial charge in [0, 0.05) is 5.41 Å². The van der Waals surface area contributed by atoms with Gasteiger partial charge in [-0.15, -0.1) is 0 Å². The summed E-state index contributed by atoms with van der Waals surface area (Å²) in [6.07, 6.45) is 13.2. The van der Waals surface area contributed by atoms with Crippen LogP contribution in [0.3, 0.4) is 0 Å². The third-order valence-electron chi connectivity index (χ3n) is 4.20. The van der Waals surface area contributed by atoms with Crippen LogP contribution in [0.1, 0.15) is 79.6 Å². The van der Waals surface area contributed by atoms with Gasteiger partial charge in [-0.3, -0.25) is 0 Å². The van der Waals surface area contributed by atoms with Crippen LogP contribution in [0.4, 0.5) is 0 Å². The first-order chi connectivity index (χ1) is 7.99. The molecular formula is C17H29. The molecule has 0 heteroatoms. The number of hydrogen-bond acceptors (Lipinski definition) is 0. The van der Waals surface area contributed by atoms with Crippen molar-refractivity contribution >= 4 is 0 Å². The van der Waals surface area contributed by atoms with Crippen LogP contribution in [-0.2, 0) is 0 Å². The minimum Gasteiger partial charge on any atom is -0.0654 e. The van der Waals surface area contributed by atoms with Gasteiger partial charge in [0.25, 0.3) is 0 Å². The Morgan fingerprint density at radius 3 is 2.06 bits per heavy atom. The molecule has 1 rings (SSSR count). The fourth-order valence-corrected chi connectivity index (χ4v) is 2.59. The molecule has 0 fully saturated rings. The van der Waals surface area contributed by atoms with Crippen LogP contribution in [0.25, 0.3) is 0 Å². The highest BCUT2D eigenvalue weighted by Gasteiger charge is 2.27. The minimum absolute atomic E-state index is 0.182. The van der Waals surface area contributed by atoms with Gasteiger partial charge in [-0.05, 0) is 43.9 Å². The van der Waals surface area contributed by atoms with E-state index in [1.54, 1.807) is 0 Å². The Morgan fingerprint density at radius 1 is 0.941 bits per heavy atom. The van der Waals surface area contributed by atoms with Crippen molar-refractivity contribution in [3.63, 3.8) is 0 Å². The fraction of sp³-hybridized carbons (Fsp3) is 0.765. The maximum Gasteiger partial charge on any atom is 0.0114 e. The van der Waals surface area contributed by atoms with Crippen molar-refractivity contribution in [2.24, 2.45) is 5.41 Å². The van der Waals surface area contributed by atoms with E-state index in [2.05, 4.69) is 40.7 Å². The molecular weight excluding hydrogens is 204 g/mol. The summed E-state index contributed by atoms with van der Waals surface area (Å²) in [5.41, 5.74) is 4.69. The Morgan fingerprint density at radius 2 is 1.53 bits per heavy atom. The molecule has 0 aromatic heterocycles. The van der Waals surface area contributed by atoms with Crippen LogP contribution in [0.15, 0.2) is 16.7 Å². The molecule has 0 amide bonds. The van der Waals surface area contributed by atoms with Gasteiger partial charge in [0.2, 0.25) is 0 Å². The number of unbranched alkanes of at least 4 members (excludes halogenated alkanes) is 5. The van der Waals surface area contributed by atoms with Gasteiger partial charge in [-0.1, -0.05) is 58.4 Å². The lowest BCUT2D eigenvalue weighted by molar-refractivity contribution is 0.565. The average Bonchev–Trinajstić information content (AvgIpc) is 2.47. The Kier molecular flexibility index (Phi) is 5.49. The van der Waals surface area contributed by atoms with E-state index in [9.17, 15) is 0 Å². The van der Waals surface area contributed by atoms with Crippen LogP contribution < -0.4 is 0 Å². The van der Waals surface area contributed by atoms with Crippen molar-refractivity contribution in [2.45, 2.75) is 79.6 Å². The van der Waals surface area contributed by atoms with Crippen molar-refractivity contribution in [1.82, 2.24) is 0 Å². The molecule has 0 spiro atoms. The summed E-state index contributed by atoms with van der Waals surface area (Å²) < 4.78 is 0. The van der Waals surface area contributed by atoms with E-state index in [0.717, 1.165) is 0 Å². The second-order valence-corrected chi connectivity index (χ2v) is 6.00. The van der Waals surface area contributed by atoms with Gasteiger partial charge in [0.1, 0.15) is 0 Å². The molecule has 0 N–H and O–H groups in total. The predicted octanol–water partition coefficient (Wildman–Crippen LogP) is 5.84. The zero-order valence-electron chi connectivity index (χ0n) is 12.4. The molecule has 0 nitrogen and oxygen atoms in total. The first kappa shape index (κ1) is 14.5. The molecule has 17 heavy (non-hydrogen) atoms. The largest absolute Gasteiger partial charge is 0.0654 e. The fourth-order valence-electron chi connectivity index (χ4n) is 2.59. The van der Waals surface area contributed by atoms with E-state index < -0.39 is 0 Å². The lowest BCUT2D eigenvalue weighted by Gasteiger charge is -2.16. The van der Waals surface area contributed by atoms with Crippen LogP contribution in [0.2, 0.25) is 0 Å². The van der Waals surface area contributed by atoms with E-state index >= 15 is 0 Å². The second-order valence-electron chi connectivity index (χ2n) is 6.00. The summed E-state index contributed by atoms with van der Waals surface area (Å²) in [5, 5.41) is 0. The highest BCUT2D eigenvalue weighted by molar-refractivity contribution is 5.42. The van der Waals surface area contributed by atoms with Crippen LogP contribution >= 0.6 is 0 Å². The summed E-state index contributed by atoms with van der Waals surface area (Å²) in [5.74, 6) is 0. The van der Waals surface area contributed by atoms with Gasteiger partial charge >= 0.3 is 0 Å². The molecule has 0 saturated heterocycles. The molecule has 0 aliphatic heterocycles. The Labute approximate surface area is 108 Å². The van der Waals surface area contributed by atoms with E-state index in [1.807, 2.05) is 0 Å². The van der Waals surface area contributed by atoms with Crippen molar-refractivity contribution in [3.8, 4) is 0 Å². The minimum atomic E-state index is 0.182. The third-order valence-corrected chi connectivity index (χ3v) is 4.20. The van der Waals surface area contributed by atoms with Crippen molar-refractivity contribution in [3.05, 3.63) is 22.8 Å². The van der Waals surface area contributed by atoms with Gasteiger partial charge in [0.15, 0.2) is 0 Å².